The van der Waals surface area contributed by atoms with Crippen LogP contribution in [0.15, 0.2) is 35.4 Å². The monoisotopic (exact) mass is 231 g/mol. The summed E-state index contributed by atoms with van der Waals surface area (Å²) < 4.78 is 3.58. The molecule has 0 aliphatic rings. The summed E-state index contributed by atoms with van der Waals surface area (Å²) in [6, 6.07) is 5.54. The quantitative estimate of drug-likeness (QED) is 0.805. The van der Waals surface area contributed by atoms with E-state index >= 15 is 0 Å². The number of hydrogen-bond donors (Lipinski definition) is 0. The number of aryl methyl sites for hydroxylation is 2. The largest absolute Gasteiger partial charge is 0.309 e. The first-order valence-corrected chi connectivity index (χ1v) is 5.88. The molecule has 0 radical (unpaired) electrons. The van der Waals surface area contributed by atoms with Crippen molar-refractivity contribution in [3.05, 3.63) is 52.2 Å². The van der Waals surface area contributed by atoms with E-state index in [4.69, 9.17) is 0 Å². The van der Waals surface area contributed by atoms with Gasteiger partial charge in [0.25, 0.3) is 5.56 Å². The second-order valence-corrected chi connectivity index (χ2v) is 4.24. The molecule has 2 aromatic heterocycles. The molecular formula is C13H17N3O. The molecule has 0 saturated carbocycles. The average Bonchev–Trinajstić information content (AvgIpc) is 2.71. The van der Waals surface area contributed by atoms with Gasteiger partial charge in [-0.2, -0.15) is 5.10 Å². The fraction of sp³-hybridized carbons (Fsp3) is 0.385. The maximum absolute atomic E-state index is 11.7. The zero-order valence-corrected chi connectivity index (χ0v) is 10.3. The number of nitrogens with zero attached hydrogens (tertiary/aromatic N) is 3. The molecule has 17 heavy (non-hydrogen) atoms. The Balaban J connectivity index is 2.16. The normalized spacial score (nSPS) is 10.7. The molecule has 2 aromatic rings. The van der Waals surface area contributed by atoms with Crippen LogP contribution in [-0.2, 0) is 13.1 Å². The Bertz CT molecular complexity index is 554. The van der Waals surface area contributed by atoms with E-state index in [0.29, 0.717) is 6.54 Å². The molecule has 0 aliphatic carbocycles. The predicted octanol–water partition coefficient (Wildman–Crippen LogP) is 1.81. The Hall–Kier alpha value is -1.84. The Labute approximate surface area is 101 Å². The van der Waals surface area contributed by atoms with E-state index in [1.54, 1.807) is 10.6 Å². The molecule has 0 spiro atoms. The number of aromatic nitrogens is 3. The summed E-state index contributed by atoms with van der Waals surface area (Å²) in [4.78, 5) is 11.7. The van der Waals surface area contributed by atoms with Gasteiger partial charge in [-0.15, -0.1) is 0 Å². The summed E-state index contributed by atoms with van der Waals surface area (Å²) in [6.45, 7) is 5.49. The Morgan fingerprint density at radius 2 is 2.12 bits per heavy atom. The lowest BCUT2D eigenvalue weighted by Crippen LogP contribution is -2.19. The standard InChI is InChI=1S/C13H17N3O/c1-3-6-16-8-5-12(14-16)10-15-7-4-11(2)9-13(15)17/h4-5,7-9H,3,6,10H2,1-2H3. The minimum absolute atomic E-state index is 0.0232. The van der Waals surface area contributed by atoms with Gasteiger partial charge in [-0.25, -0.2) is 0 Å². The topological polar surface area (TPSA) is 39.8 Å². The van der Waals surface area contributed by atoms with Crippen molar-refractivity contribution in [3.63, 3.8) is 0 Å². The predicted molar refractivity (Wildman–Crippen MR) is 67.1 cm³/mol. The van der Waals surface area contributed by atoms with Crippen LogP contribution in [0.1, 0.15) is 24.6 Å². The van der Waals surface area contributed by atoms with Crippen LogP contribution in [-0.4, -0.2) is 14.3 Å². The molecule has 0 bridgehead atoms. The average molecular weight is 231 g/mol. The van der Waals surface area contributed by atoms with Crippen LogP contribution in [0.4, 0.5) is 0 Å². The molecule has 0 aromatic carbocycles. The Kier molecular flexibility index (Phi) is 3.42. The van der Waals surface area contributed by atoms with Crippen LogP contribution >= 0.6 is 0 Å². The van der Waals surface area contributed by atoms with E-state index < -0.39 is 0 Å². The Morgan fingerprint density at radius 3 is 2.82 bits per heavy atom. The zero-order valence-electron chi connectivity index (χ0n) is 10.3. The highest BCUT2D eigenvalue weighted by Gasteiger charge is 2.01. The summed E-state index contributed by atoms with van der Waals surface area (Å²) >= 11 is 0. The molecule has 90 valence electrons. The van der Waals surface area contributed by atoms with Gasteiger partial charge in [0.2, 0.25) is 0 Å². The molecule has 0 N–H and O–H groups in total. The number of hydrogen-bond acceptors (Lipinski definition) is 2. The van der Waals surface area contributed by atoms with Crippen LogP contribution in [0, 0.1) is 6.92 Å². The van der Waals surface area contributed by atoms with E-state index in [1.165, 1.54) is 0 Å². The molecule has 0 fully saturated rings. The van der Waals surface area contributed by atoms with Gasteiger partial charge >= 0.3 is 0 Å². The highest BCUT2D eigenvalue weighted by molar-refractivity contribution is 5.10. The number of rotatable bonds is 4. The minimum atomic E-state index is 0.0232. The SMILES string of the molecule is CCCn1ccc(Cn2ccc(C)cc2=O)n1. The van der Waals surface area contributed by atoms with Crippen LogP contribution in [0.5, 0.6) is 0 Å². The zero-order chi connectivity index (χ0) is 12.3. The van der Waals surface area contributed by atoms with Crippen molar-refractivity contribution in [2.45, 2.75) is 33.4 Å². The van der Waals surface area contributed by atoms with Crippen molar-refractivity contribution in [1.82, 2.24) is 14.3 Å². The van der Waals surface area contributed by atoms with Gasteiger partial charge < -0.3 is 4.57 Å². The third-order valence-electron chi connectivity index (χ3n) is 2.63. The molecule has 4 heteroatoms. The van der Waals surface area contributed by atoms with Crippen molar-refractivity contribution >= 4 is 0 Å². The van der Waals surface area contributed by atoms with Gasteiger partial charge in [-0.3, -0.25) is 9.48 Å². The summed E-state index contributed by atoms with van der Waals surface area (Å²) in [7, 11) is 0. The van der Waals surface area contributed by atoms with Crippen LogP contribution in [0.2, 0.25) is 0 Å². The molecule has 0 atom stereocenters. The van der Waals surface area contributed by atoms with Gasteiger partial charge in [0, 0.05) is 25.0 Å². The highest BCUT2D eigenvalue weighted by Crippen LogP contribution is 2.00. The van der Waals surface area contributed by atoms with Gasteiger partial charge in [-0.05, 0) is 31.0 Å². The molecule has 0 amide bonds. The summed E-state index contributed by atoms with van der Waals surface area (Å²) in [5.74, 6) is 0. The van der Waals surface area contributed by atoms with Gasteiger partial charge in [0.1, 0.15) is 0 Å². The van der Waals surface area contributed by atoms with E-state index in [-0.39, 0.29) is 5.56 Å². The lowest BCUT2D eigenvalue weighted by atomic mass is 10.3. The van der Waals surface area contributed by atoms with Crippen molar-refractivity contribution in [1.29, 1.82) is 0 Å². The fourth-order valence-electron chi connectivity index (χ4n) is 1.75. The van der Waals surface area contributed by atoms with Gasteiger partial charge in [-0.1, -0.05) is 6.92 Å². The second-order valence-electron chi connectivity index (χ2n) is 4.24. The lowest BCUT2D eigenvalue weighted by Gasteiger charge is -2.03. The molecular weight excluding hydrogens is 214 g/mol. The molecule has 0 saturated heterocycles. The minimum Gasteiger partial charge on any atom is -0.309 e. The Morgan fingerprint density at radius 1 is 1.29 bits per heavy atom. The lowest BCUT2D eigenvalue weighted by molar-refractivity contribution is 0.587. The van der Waals surface area contributed by atoms with Gasteiger partial charge in [0.05, 0.1) is 12.2 Å². The molecule has 2 rings (SSSR count). The van der Waals surface area contributed by atoms with Crippen molar-refractivity contribution in [3.8, 4) is 0 Å². The van der Waals surface area contributed by atoms with E-state index in [0.717, 1.165) is 24.2 Å². The maximum Gasteiger partial charge on any atom is 0.251 e. The summed E-state index contributed by atoms with van der Waals surface area (Å²) in [5, 5.41) is 4.42. The first-order valence-electron chi connectivity index (χ1n) is 5.88. The summed E-state index contributed by atoms with van der Waals surface area (Å²) in [5.41, 5.74) is 1.93. The van der Waals surface area contributed by atoms with Crippen LogP contribution in [0.3, 0.4) is 0 Å². The van der Waals surface area contributed by atoms with Crippen molar-refractivity contribution in [2.75, 3.05) is 0 Å². The maximum atomic E-state index is 11.7. The molecule has 4 nitrogen and oxygen atoms in total. The molecule has 0 unspecified atom stereocenters. The third kappa shape index (κ3) is 2.84. The first-order chi connectivity index (χ1) is 8.19. The highest BCUT2D eigenvalue weighted by atomic mass is 16.1. The summed E-state index contributed by atoms with van der Waals surface area (Å²) in [6.07, 6.45) is 4.83. The molecule has 0 aliphatic heterocycles. The van der Waals surface area contributed by atoms with Crippen molar-refractivity contribution in [2.24, 2.45) is 0 Å². The van der Waals surface area contributed by atoms with E-state index in [9.17, 15) is 4.79 Å². The van der Waals surface area contributed by atoms with E-state index in [1.807, 2.05) is 36.1 Å². The van der Waals surface area contributed by atoms with Gasteiger partial charge in [0.15, 0.2) is 0 Å². The second kappa shape index (κ2) is 4.99. The fourth-order valence-corrected chi connectivity index (χ4v) is 1.75. The number of pyridine rings is 1. The van der Waals surface area contributed by atoms with Crippen molar-refractivity contribution < 1.29 is 0 Å². The van der Waals surface area contributed by atoms with Crippen LogP contribution in [0.25, 0.3) is 0 Å². The van der Waals surface area contributed by atoms with E-state index in [2.05, 4.69) is 12.0 Å². The van der Waals surface area contributed by atoms with Crippen LogP contribution < -0.4 is 5.56 Å². The first kappa shape index (κ1) is 11.6. The molecule has 2 heterocycles. The third-order valence-corrected chi connectivity index (χ3v) is 2.63. The smallest absolute Gasteiger partial charge is 0.251 e.